The number of halogens is 1. The molecule has 35 heavy (non-hydrogen) atoms. The molecule has 4 aromatic rings. The lowest BCUT2D eigenvalue weighted by atomic mass is 9.91. The summed E-state index contributed by atoms with van der Waals surface area (Å²) in [5, 5.41) is 2.10. The van der Waals surface area contributed by atoms with Crippen molar-refractivity contribution < 1.29 is 23.4 Å². The SMILES string of the molecule is COc1cc2c(cc1OC)C(COc1ccc(F)cc1)N(C(=O)c1ccc3ccccc3c1)CC2. The summed E-state index contributed by atoms with van der Waals surface area (Å²) < 4.78 is 30.4. The molecule has 5 nitrogen and oxygen atoms in total. The van der Waals surface area contributed by atoms with E-state index in [-0.39, 0.29) is 24.4 Å². The number of nitrogens with zero attached hydrogens (tertiary/aromatic N) is 1. The smallest absolute Gasteiger partial charge is 0.254 e. The van der Waals surface area contributed by atoms with Crippen LogP contribution in [0.2, 0.25) is 0 Å². The van der Waals surface area contributed by atoms with Gasteiger partial charge in [-0.25, -0.2) is 4.39 Å². The Morgan fingerprint density at radius 1 is 0.914 bits per heavy atom. The van der Waals surface area contributed by atoms with Gasteiger partial charge in [0.15, 0.2) is 11.5 Å². The number of carbonyl (C=O) groups is 1. The first kappa shape index (κ1) is 22.7. The third-order valence-corrected chi connectivity index (χ3v) is 6.48. The highest BCUT2D eigenvalue weighted by atomic mass is 19.1. The summed E-state index contributed by atoms with van der Waals surface area (Å²) in [4.78, 5) is 15.6. The van der Waals surface area contributed by atoms with Crippen molar-refractivity contribution >= 4 is 16.7 Å². The number of hydrogen-bond acceptors (Lipinski definition) is 4. The number of benzene rings is 4. The van der Waals surface area contributed by atoms with Crippen molar-refractivity contribution in [2.45, 2.75) is 12.5 Å². The Hall–Kier alpha value is -4.06. The Morgan fingerprint density at radius 2 is 1.63 bits per heavy atom. The van der Waals surface area contributed by atoms with Gasteiger partial charge in [-0.05, 0) is 76.9 Å². The fourth-order valence-electron chi connectivity index (χ4n) is 4.65. The van der Waals surface area contributed by atoms with E-state index in [1.54, 1.807) is 26.4 Å². The van der Waals surface area contributed by atoms with Gasteiger partial charge >= 0.3 is 0 Å². The molecule has 0 aliphatic carbocycles. The Labute approximate surface area is 203 Å². The summed E-state index contributed by atoms with van der Waals surface area (Å²) in [6.45, 7) is 0.749. The molecule has 1 atom stereocenters. The van der Waals surface area contributed by atoms with Crippen molar-refractivity contribution in [2.24, 2.45) is 0 Å². The second kappa shape index (κ2) is 9.66. The van der Waals surface area contributed by atoms with Crippen molar-refractivity contribution in [3.63, 3.8) is 0 Å². The molecule has 1 unspecified atom stereocenters. The number of carbonyl (C=O) groups excluding carboxylic acids is 1. The van der Waals surface area contributed by atoms with Crippen LogP contribution in [0.15, 0.2) is 78.9 Å². The maximum absolute atomic E-state index is 13.8. The van der Waals surface area contributed by atoms with Gasteiger partial charge in [-0.2, -0.15) is 0 Å². The molecule has 0 saturated carbocycles. The third kappa shape index (κ3) is 4.52. The molecule has 1 aliphatic rings. The number of fused-ring (bicyclic) bond motifs is 2. The monoisotopic (exact) mass is 471 g/mol. The number of amides is 1. The molecule has 1 aliphatic heterocycles. The van der Waals surface area contributed by atoms with E-state index in [1.165, 1.54) is 12.1 Å². The van der Waals surface area contributed by atoms with Crippen LogP contribution in [-0.2, 0) is 6.42 Å². The zero-order valence-electron chi connectivity index (χ0n) is 19.7. The van der Waals surface area contributed by atoms with Crippen LogP contribution in [0.3, 0.4) is 0 Å². The predicted octanol–water partition coefficient (Wildman–Crippen LogP) is 5.81. The van der Waals surface area contributed by atoms with Gasteiger partial charge in [0.1, 0.15) is 18.2 Å². The van der Waals surface area contributed by atoms with Gasteiger partial charge in [-0.15, -0.1) is 0 Å². The summed E-state index contributed by atoms with van der Waals surface area (Å²) in [6.07, 6.45) is 0.683. The van der Waals surface area contributed by atoms with Gasteiger partial charge in [0.05, 0.1) is 20.3 Å². The van der Waals surface area contributed by atoms with Crippen LogP contribution in [0.25, 0.3) is 10.8 Å². The summed E-state index contributed by atoms with van der Waals surface area (Å²) in [6, 6.07) is 23.2. The molecule has 0 spiro atoms. The van der Waals surface area contributed by atoms with Crippen LogP contribution in [0.4, 0.5) is 4.39 Å². The zero-order valence-corrected chi connectivity index (χ0v) is 19.7. The number of methoxy groups -OCH3 is 2. The van der Waals surface area contributed by atoms with E-state index in [4.69, 9.17) is 14.2 Å². The summed E-state index contributed by atoms with van der Waals surface area (Å²) in [5.74, 6) is 1.39. The zero-order chi connectivity index (χ0) is 24.4. The second-order valence-corrected chi connectivity index (χ2v) is 8.50. The van der Waals surface area contributed by atoms with Crippen LogP contribution in [-0.4, -0.2) is 38.2 Å². The normalized spacial score (nSPS) is 14.9. The minimum Gasteiger partial charge on any atom is -0.493 e. The Kier molecular flexibility index (Phi) is 6.27. The lowest BCUT2D eigenvalue weighted by molar-refractivity contribution is 0.0589. The van der Waals surface area contributed by atoms with E-state index in [9.17, 15) is 9.18 Å². The summed E-state index contributed by atoms with van der Waals surface area (Å²) >= 11 is 0. The van der Waals surface area contributed by atoms with Crippen LogP contribution in [0.1, 0.15) is 27.5 Å². The van der Waals surface area contributed by atoms with Crippen LogP contribution in [0.5, 0.6) is 17.2 Å². The van der Waals surface area contributed by atoms with Crippen LogP contribution in [0, 0.1) is 5.82 Å². The van der Waals surface area contributed by atoms with Crippen molar-refractivity contribution in [1.82, 2.24) is 4.90 Å². The molecule has 0 bridgehead atoms. The molecule has 0 saturated heterocycles. The van der Waals surface area contributed by atoms with Crippen molar-refractivity contribution in [3.05, 3.63) is 101 Å². The molecule has 5 rings (SSSR count). The maximum atomic E-state index is 13.8. The van der Waals surface area contributed by atoms with E-state index in [2.05, 4.69) is 0 Å². The molecule has 0 N–H and O–H groups in total. The minimum atomic E-state index is -0.359. The van der Waals surface area contributed by atoms with Gasteiger partial charge in [-0.3, -0.25) is 4.79 Å². The fourth-order valence-corrected chi connectivity index (χ4v) is 4.65. The van der Waals surface area contributed by atoms with Crippen molar-refractivity contribution in [3.8, 4) is 17.2 Å². The van der Waals surface area contributed by atoms with Crippen LogP contribution >= 0.6 is 0 Å². The number of ether oxygens (including phenoxy) is 3. The lowest BCUT2D eigenvalue weighted by Crippen LogP contribution is -2.42. The molecule has 0 fully saturated rings. The number of hydrogen-bond donors (Lipinski definition) is 0. The van der Waals surface area contributed by atoms with E-state index < -0.39 is 0 Å². The lowest BCUT2D eigenvalue weighted by Gasteiger charge is -2.37. The van der Waals surface area contributed by atoms with E-state index in [1.807, 2.05) is 59.5 Å². The highest BCUT2D eigenvalue weighted by Gasteiger charge is 2.33. The third-order valence-electron chi connectivity index (χ3n) is 6.48. The maximum Gasteiger partial charge on any atom is 0.254 e. The summed E-state index contributed by atoms with van der Waals surface area (Å²) in [7, 11) is 3.20. The molecule has 1 amide bonds. The molecule has 0 aromatic heterocycles. The molecular formula is C29H26FNO4. The van der Waals surface area contributed by atoms with Gasteiger partial charge in [-0.1, -0.05) is 30.3 Å². The molecule has 0 radical (unpaired) electrons. The first-order chi connectivity index (χ1) is 17.1. The van der Waals surface area contributed by atoms with Gasteiger partial charge < -0.3 is 19.1 Å². The van der Waals surface area contributed by atoms with Gasteiger partial charge in [0, 0.05) is 12.1 Å². The number of rotatable bonds is 6. The fraction of sp³-hybridized carbons (Fsp3) is 0.207. The summed E-state index contributed by atoms with van der Waals surface area (Å²) in [5.41, 5.74) is 2.66. The van der Waals surface area contributed by atoms with Gasteiger partial charge in [0.25, 0.3) is 5.91 Å². The minimum absolute atomic E-state index is 0.0658. The molecule has 4 aromatic carbocycles. The van der Waals surface area contributed by atoms with Crippen molar-refractivity contribution in [1.29, 1.82) is 0 Å². The standard InChI is InChI=1S/C29H26FNO4/c1-33-27-16-21-13-14-31(29(32)22-8-7-19-5-3-4-6-20(19)15-22)26(25(21)17-28(27)34-2)18-35-24-11-9-23(30)10-12-24/h3-12,15-17,26H,13-14,18H2,1-2H3. The second-order valence-electron chi connectivity index (χ2n) is 8.50. The molecule has 178 valence electrons. The molecule has 1 heterocycles. The highest BCUT2D eigenvalue weighted by molar-refractivity contribution is 5.99. The highest BCUT2D eigenvalue weighted by Crippen LogP contribution is 2.39. The van der Waals surface area contributed by atoms with Crippen LogP contribution < -0.4 is 14.2 Å². The average molecular weight is 472 g/mol. The largest absolute Gasteiger partial charge is 0.493 e. The van der Waals surface area contributed by atoms with E-state index >= 15 is 0 Å². The first-order valence-corrected chi connectivity index (χ1v) is 11.5. The molecular weight excluding hydrogens is 445 g/mol. The Balaban J connectivity index is 1.51. The predicted molar refractivity (Wildman–Crippen MR) is 133 cm³/mol. The van der Waals surface area contributed by atoms with Crippen molar-refractivity contribution in [2.75, 3.05) is 27.4 Å². The quantitative estimate of drug-likeness (QED) is 0.356. The van der Waals surface area contributed by atoms with Gasteiger partial charge in [0.2, 0.25) is 0 Å². The first-order valence-electron chi connectivity index (χ1n) is 11.5. The molecule has 6 heteroatoms. The topological polar surface area (TPSA) is 48.0 Å². The average Bonchev–Trinajstić information content (AvgIpc) is 2.91. The van der Waals surface area contributed by atoms with E-state index in [0.717, 1.165) is 21.9 Å². The Bertz CT molecular complexity index is 1370. The Morgan fingerprint density at radius 3 is 2.37 bits per heavy atom. The van der Waals surface area contributed by atoms with E-state index in [0.29, 0.717) is 35.8 Å².